The number of nitrogen functional groups attached to an aromatic ring is 1. The van der Waals surface area contributed by atoms with Crippen LogP contribution in [0.25, 0.3) is 0 Å². The SMILES string of the molecule is Nc1ccc(Br)cc1S(=O)(=O)NC1CC=CC1. The van der Waals surface area contributed by atoms with Gasteiger partial charge in [0, 0.05) is 10.5 Å². The van der Waals surface area contributed by atoms with E-state index in [0.717, 1.165) is 12.8 Å². The molecule has 0 amide bonds. The number of nitrogens with two attached hydrogens (primary N) is 1. The number of hydrogen-bond donors (Lipinski definition) is 2. The minimum Gasteiger partial charge on any atom is -0.398 e. The van der Waals surface area contributed by atoms with E-state index in [1.807, 2.05) is 12.2 Å². The molecule has 1 aromatic rings. The molecule has 0 unspecified atom stereocenters. The van der Waals surface area contributed by atoms with Gasteiger partial charge >= 0.3 is 0 Å². The maximum atomic E-state index is 12.1. The molecule has 0 bridgehead atoms. The van der Waals surface area contributed by atoms with Gasteiger partial charge in [-0.3, -0.25) is 0 Å². The summed E-state index contributed by atoms with van der Waals surface area (Å²) >= 11 is 3.24. The molecule has 0 atom stereocenters. The molecule has 3 N–H and O–H groups in total. The fourth-order valence-electron chi connectivity index (χ4n) is 1.74. The highest BCUT2D eigenvalue weighted by molar-refractivity contribution is 9.10. The fraction of sp³-hybridized carbons (Fsp3) is 0.273. The first-order valence-corrected chi connectivity index (χ1v) is 7.49. The van der Waals surface area contributed by atoms with E-state index in [4.69, 9.17) is 5.73 Å². The molecule has 0 heterocycles. The van der Waals surface area contributed by atoms with Gasteiger partial charge in [-0.15, -0.1) is 0 Å². The Bertz CT molecular complexity index is 547. The monoisotopic (exact) mass is 316 g/mol. The zero-order chi connectivity index (χ0) is 12.5. The molecule has 0 spiro atoms. The Kier molecular flexibility index (Phi) is 3.56. The van der Waals surface area contributed by atoms with Crippen molar-refractivity contribution in [2.75, 3.05) is 5.73 Å². The van der Waals surface area contributed by atoms with Crippen molar-refractivity contribution in [3.05, 3.63) is 34.8 Å². The van der Waals surface area contributed by atoms with Gasteiger partial charge < -0.3 is 5.73 Å². The van der Waals surface area contributed by atoms with Gasteiger partial charge in [0.15, 0.2) is 0 Å². The molecule has 0 fully saturated rings. The van der Waals surface area contributed by atoms with Crippen LogP contribution in [-0.4, -0.2) is 14.5 Å². The van der Waals surface area contributed by atoms with Crippen LogP contribution in [0.5, 0.6) is 0 Å². The molecule has 1 aromatic carbocycles. The smallest absolute Gasteiger partial charge is 0.242 e. The second kappa shape index (κ2) is 4.80. The zero-order valence-corrected chi connectivity index (χ0v) is 11.5. The van der Waals surface area contributed by atoms with Crippen molar-refractivity contribution >= 4 is 31.6 Å². The number of hydrogen-bond acceptors (Lipinski definition) is 3. The van der Waals surface area contributed by atoms with Crippen LogP contribution in [0.15, 0.2) is 39.7 Å². The number of nitrogens with one attached hydrogen (secondary N) is 1. The third-order valence-corrected chi connectivity index (χ3v) is 4.66. The van der Waals surface area contributed by atoms with Crippen molar-refractivity contribution in [2.45, 2.75) is 23.8 Å². The molecule has 2 rings (SSSR count). The van der Waals surface area contributed by atoms with Gasteiger partial charge in [0.1, 0.15) is 4.90 Å². The van der Waals surface area contributed by atoms with Crippen LogP contribution >= 0.6 is 15.9 Å². The summed E-state index contributed by atoms with van der Waals surface area (Å²) in [4.78, 5) is 0.124. The summed E-state index contributed by atoms with van der Waals surface area (Å²) in [5.41, 5.74) is 5.95. The lowest BCUT2D eigenvalue weighted by molar-refractivity contribution is 0.558. The lowest BCUT2D eigenvalue weighted by Crippen LogP contribution is -2.33. The van der Waals surface area contributed by atoms with E-state index in [9.17, 15) is 8.42 Å². The van der Waals surface area contributed by atoms with Crippen molar-refractivity contribution in [1.29, 1.82) is 0 Å². The lowest BCUT2D eigenvalue weighted by Gasteiger charge is -2.14. The largest absolute Gasteiger partial charge is 0.398 e. The Morgan fingerprint density at radius 2 is 1.94 bits per heavy atom. The molecule has 92 valence electrons. The molecule has 17 heavy (non-hydrogen) atoms. The second-order valence-corrected chi connectivity index (χ2v) is 6.54. The van der Waals surface area contributed by atoms with E-state index >= 15 is 0 Å². The van der Waals surface area contributed by atoms with Crippen LogP contribution in [0.1, 0.15) is 12.8 Å². The van der Waals surface area contributed by atoms with E-state index < -0.39 is 10.0 Å². The van der Waals surface area contributed by atoms with E-state index in [2.05, 4.69) is 20.7 Å². The highest BCUT2D eigenvalue weighted by Crippen LogP contribution is 2.24. The number of rotatable bonds is 3. The van der Waals surface area contributed by atoms with Gasteiger partial charge in [-0.05, 0) is 31.0 Å². The summed E-state index contributed by atoms with van der Waals surface area (Å²) in [5, 5.41) is 0. The average Bonchev–Trinajstić information content (AvgIpc) is 2.73. The van der Waals surface area contributed by atoms with Crippen molar-refractivity contribution in [3.8, 4) is 0 Å². The quantitative estimate of drug-likeness (QED) is 0.662. The third kappa shape index (κ3) is 2.88. The number of halogens is 1. The summed E-state index contributed by atoms with van der Waals surface area (Å²) in [6.45, 7) is 0. The molecule has 1 aliphatic carbocycles. The third-order valence-electron chi connectivity index (χ3n) is 2.59. The van der Waals surface area contributed by atoms with E-state index in [1.54, 1.807) is 12.1 Å². The fourth-order valence-corrected chi connectivity index (χ4v) is 3.67. The molecule has 0 saturated heterocycles. The minimum atomic E-state index is -3.54. The maximum absolute atomic E-state index is 12.1. The lowest BCUT2D eigenvalue weighted by atomic mass is 10.3. The molecule has 0 aliphatic heterocycles. The predicted molar refractivity (Wildman–Crippen MR) is 71.0 cm³/mol. The summed E-state index contributed by atoms with van der Waals surface area (Å²) in [5.74, 6) is 0. The molecular weight excluding hydrogens is 304 g/mol. The first kappa shape index (κ1) is 12.6. The first-order valence-electron chi connectivity index (χ1n) is 5.21. The Balaban J connectivity index is 2.27. The standard InChI is InChI=1S/C11H13BrN2O2S/c12-8-5-6-10(13)11(7-8)17(15,16)14-9-3-1-2-4-9/h1-2,5-7,9,14H,3-4,13H2. The highest BCUT2D eigenvalue weighted by atomic mass is 79.9. The molecule has 6 heteroatoms. The van der Waals surface area contributed by atoms with E-state index in [0.29, 0.717) is 4.47 Å². The van der Waals surface area contributed by atoms with Crippen LogP contribution in [0.3, 0.4) is 0 Å². The van der Waals surface area contributed by atoms with Crippen LogP contribution in [0, 0.1) is 0 Å². The predicted octanol–water partition coefficient (Wildman–Crippen LogP) is 2.03. The molecule has 0 saturated carbocycles. The van der Waals surface area contributed by atoms with Crippen molar-refractivity contribution < 1.29 is 8.42 Å². The number of sulfonamides is 1. The van der Waals surface area contributed by atoms with Crippen molar-refractivity contribution in [1.82, 2.24) is 4.72 Å². The van der Waals surface area contributed by atoms with E-state index in [1.165, 1.54) is 6.07 Å². The van der Waals surface area contributed by atoms with Gasteiger partial charge in [0.2, 0.25) is 10.0 Å². The summed E-state index contributed by atoms with van der Waals surface area (Å²) in [6.07, 6.45) is 5.40. The Morgan fingerprint density at radius 3 is 2.59 bits per heavy atom. The second-order valence-electron chi connectivity index (χ2n) is 3.94. The average molecular weight is 317 g/mol. The van der Waals surface area contributed by atoms with Crippen LogP contribution in [-0.2, 0) is 10.0 Å². The summed E-state index contributed by atoms with van der Waals surface area (Å²) in [6, 6.07) is 4.75. The first-order chi connectivity index (χ1) is 7.99. The van der Waals surface area contributed by atoms with Crippen molar-refractivity contribution in [2.24, 2.45) is 0 Å². The van der Waals surface area contributed by atoms with Crippen molar-refractivity contribution in [3.63, 3.8) is 0 Å². The Morgan fingerprint density at radius 1 is 1.29 bits per heavy atom. The van der Waals surface area contributed by atoms with Crippen LogP contribution in [0.2, 0.25) is 0 Å². The molecule has 0 radical (unpaired) electrons. The maximum Gasteiger partial charge on any atom is 0.242 e. The Labute approximate surface area is 109 Å². The van der Waals surface area contributed by atoms with Crippen LogP contribution < -0.4 is 10.5 Å². The number of benzene rings is 1. The minimum absolute atomic E-state index is 0.0571. The Hall–Kier alpha value is -0.850. The van der Waals surface area contributed by atoms with Crippen LogP contribution in [0.4, 0.5) is 5.69 Å². The summed E-state index contributed by atoms with van der Waals surface area (Å²) in [7, 11) is -3.54. The highest BCUT2D eigenvalue weighted by Gasteiger charge is 2.22. The topological polar surface area (TPSA) is 72.2 Å². The zero-order valence-electron chi connectivity index (χ0n) is 9.06. The molecule has 4 nitrogen and oxygen atoms in total. The van der Waals surface area contributed by atoms with Gasteiger partial charge in [0.05, 0.1) is 5.69 Å². The summed E-state index contributed by atoms with van der Waals surface area (Å²) < 4.78 is 27.6. The van der Waals surface area contributed by atoms with E-state index in [-0.39, 0.29) is 16.6 Å². The van der Waals surface area contributed by atoms with Gasteiger partial charge in [0.25, 0.3) is 0 Å². The normalized spacial score (nSPS) is 16.5. The van der Waals surface area contributed by atoms with Gasteiger partial charge in [-0.2, -0.15) is 0 Å². The molecular formula is C11H13BrN2O2S. The molecule has 0 aromatic heterocycles. The van der Waals surface area contributed by atoms with Gasteiger partial charge in [-0.25, -0.2) is 13.1 Å². The molecule has 1 aliphatic rings. The number of anilines is 1. The van der Waals surface area contributed by atoms with Gasteiger partial charge in [-0.1, -0.05) is 28.1 Å².